The van der Waals surface area contributed by atoms with E-state index in [0.717, 1.165) is 6.07 Å². The molecule has 16 heavy (non-hydrogen) atoms. The molecule has 1 unspecified atom stereocenters. The Hall–Kier alpha value is -1.04. The van der Waals surface area contributed by atoms with Gasteiger partial charge in [0, 0.05) is 18.8 Å². The molecule has 3 nitrogen and oxygen atoms in total. The molecule has 0 aliphatic heterocycles. The van der Waals surface area contributed by atoms with E-state index in [1.807, 2.05) is 20.8 Å². The lowest BCUT2D eigenvalue weighted by Gasteiger charge is -2.15. The Balaban J connectivity index is 2.63. The highest BCUT2D eigenvalue weighted by Crippen LogP contribution is 2.27. The number of alkyl halides is 3. The van der Waals surface area contributed by atoms with Crippen molar-refractivity contribution in [2.45, 2.75) is 39.0 Å². The molecule has 0 aromatic carbocycles. The van der Waals surface area contributed by atoms with Gasteiger partial charge in [0.15, 0.2) is 5.69 Å². The van der Waals surface area contributed by atoms with E-state index in [0.29, 0.717) is 12.6 Å². The number of aromatic nitrogens is 2. The van der Waals surface area contributed by atoms with Crippen LogP contribution in [0.4, 0.5) is 13.2 Å². The Bertz CT molecular complexity index is 330. The summed E-state index contributed by atoms with van der Waals surface area (Å²) >= 11 is 0. The van der Waals surface area contributed by atoms with Crippen molar-refractivity contribution < 1.29 is 13.2 Å². The van der Waals surface area contributed by atoms with Crippen molar-refractivity contribution in [2.75, 3.05) is 6.54 Å². The summed E-state index contributed by atoms with van der Waals surface area (Å²) in [4.78, 5) is 0. The van der Waals surface area contributed by atoms with Gasteiger partial charge in [0.05, 0.1) is 6.04 Å². The normalized spacial score (nSPS) is 14.4. The summed E-state index contributed by atoms with van der Waals surface area (Å²) in [5, 5.41) is 6.66. The third-order valence-corrected chi connectivity index (χ3v) is 2.17. The van der Waals surface area contributed by atoms with E-state index >= 15 is 0 Å². The van der Waals surface area contributed by atoms with Crippen LogP contribution in [0.25, 0.3) is 0 Å². The van der Waals surface area contributed by atoms with Crippen LogP contribution in [0.2, 0.25) is 0 Å². The molecule has 92 valence electrons. The Kier molecular flexibility index (Phi) is 3.96. The second kappa shape index (κ2) is 4.86. The predicted octanol–water partition coefficient (Wildman–Crippen LogP) is 2.46. The van der Waals surface area contributed by atoms with Gasteiger partial charge in [0.2, 0.25) is 0 Å². The number of hydrogen-bond acceptors (Lipinski definition) is 2. The molecule has 0 saturated carbocycles. The van der Waals surface area contributed by atoms with E-state index in [4.69, 9.17) is 0 Å². The second-order valence-electron chi connectivity index (χ2n) is 4.09. The van der Waals surface area contributed by atoms with Crippen molar-refractivity contribution in [3.63, 3.8) is 0 Å². The van der Waals surface area contributed by atoms with Crippen LogP contribution in [0.1, 0.15) is 32.5 Å². The lowest BCUT2D eigenvalue weighted by Crippen LogP contribution is -2.29. The van der Waals surface area contributed by atoms with Gasteiger partial charge in [-0.3, -0.25) is 4.68 Å². The number of nitrogens with zero attached hydrogens (tertiary/aromatic N) is 2. The van der Waals surface area contributed by atoms with Gasteiger partial charge in [0.25, 0.3) is 0 Å². The van der Waals surface area contributed by atoms with Crippen LogP contribution in [0.5, 0.6) is 0 Å². The number of nitrogens with one attached hydrogen (secondary N) is 1. The SMILES string of the molecule is CC(C)NCC(C)n1ccc(C(F)(F)F)n1. The molecular weight excluding hydrogens is 219 g/mol. The molecule has 0 aliphatic rings. The molecule has 0 bridgehead atoms. The fourth-order valence-corrected chi connectivity index (χ4v) is 1.23. The standard InChI is InChI=1S/C10H16F3N3/c1-7(2)14-6-8(3)16-5-4-9(15-16)10(11,12)13/h4-5,7-8,14H,6H2,1-3H3. The number of halogens is 3. The maximum absolute atomic E-state index is 12.3. The molecular formula is C10H16F3N3. The summed E-state index contributed by atoms with van der Waals surface area (Å²) in [5.41, 5.74) is -0.844. The fourth-order valence-electron chi connectivity index (χ4n) is 1.23. The predicted molar refractivity (Wildman–Crippen MR) is 55.1 cm³/mol. The highest BCUT2D eigenvalue weighted by atomic mass is 19.4. The fraction of sp³-hybridized carbons (Fsp3) is 0.700. The van der Waals surface area contributed by atoms with Crippen LogP contribution in [-0.4, -0.2) is 22.4 Å². The first-order chi connectivity index (χ1) is 7.30. The molecule has 0 fully saturated rings. The van der Waals surface area contributed by atoms with Crippen molar-refractivity contribution in [3.05, 3.63) is 18.0 Å². The molecule has 0 aliphatic carbocycles. The summed E-state index contributed by atoms with van der Waals surface area (Å²) < 4.78 is 38.2. The van der Waals surface area contributed by atoms with Crippen LogP contribution in [-0.2, 0) is 6.18 Å². The van der Waals surface area contributed by atoms with Gasteiger partial charge >= 0.3 is 6.18 Å². The highest BCUT2D eigenvalue weighted by molar-refractivity contribution is 5.03. The highest BCUT2D eigenvalue weighted by Gasteiger charge is 2.33. The van der Waals surface area contributed by atoms with Gasteiger partial charge in [0.1, 0.15) is 0 Å². The zero-order chi connectivity index (χ0) is 12.3. The van der Waals surface area contributed by atoms with E-state index < -0.39 is 11.9 Å². The molecule has 0 radical (unpaired) electrons. The molecule has 1 atom stereocenters. The number of hydrogen-bond donors (Lipinski definition) is 1. The van der Waals surface area contributed by atoms with E-state index in [9.17, 15) is 13.2 Å². The van der Waals surface area contributed by atoms with Gasteiger partial charge in [-0.15, -0.1) is 0 Å². The minimum absolute atomic E-state index is 0.0986. The van der Waals surface area contributed by atoms with Crippen LogP contribution >= 0.6 is 0 Å². The van der Waals surface area contributed by atoms with Crippen LogP contribution in [0, 0.1) is 0 Å². The van der Waals surface area contributed by atoms with E-state index in [1.54, 1.807) is 0 Å². The van der Waals surface area contributed by atoms with Crippen LogP contribution in [0.3, 0.4) is 0 Å². The second-order valence-corrected chi connectivity index (χ2v) is 4.09. The van der Waals surface area contributed by atoms with Gasteiger partial charge in [-0.1, -0.05) is 13.8 Å². The Morgan fingerprint density at radius 1 is 1.38 bits per heavy atom. The smallest absolute Gasteiger partial charge is 0.312 e. The zero-order valence-electron chi connectivity index (χ0n) is 9.54. The summed E-state index contributed by atoms with van der Waals surface area (Å²) in [6, 6.07) is 1.20. The van der Waals surface area contributed by atoms with Crippen molar-refractivity contribution in [1.82, 2.24) is 15.1 Å². The maximum Gasteiger partial charge on any atom is 0.435 e. The van der Waals surface area contributed by atoms with Gasteiger partial charge < -0.3 is 5.32 Å². The average Bonchev–Trinajstić information content (AvgIpc) is 2.61. The Morgan fingerprint density at radius 3 is 2.44 bits per heavy atom. The molecule has 0 amide bonds. The monoisotopic (exact) mass is 235 g/mol. The van der Waals surface area contributed by atoms with Crippen molar-refractivity contribution >= 4 is 0 Å². The minimum atomic E-state index is -4.36. The summed E-state index contributed by atoms with van der Waals surface area (Å²) in [5.74, 6) is 0. The molecule has 0 saturated heterocycles. The lowest BCUT2D eigenvalue weighted by atomic mass is 10.3. The van der Waals surface area contributed by atoms with E-state index in [-0.39, 0.29) is 6.04 Å². The minimum Gasteiger partial charge on any atom is -0.312 e. The van der Waals surface area contributed by atoms with Gasteiger partial charge in [-0.2, -0.15) is 18.3 Å². The summed E-state index contributed by atoms with van der Waals surface area (Å²) in [6.45, 7) is 6.38. The zero-order valence-corrected chi connectivity index (χ0v) is 9.54. The molecule has 1 aromatic rings. The van der Waals surface area contributed by atoms with Crippen molar-refractivity contribution in [1.29, 1.82) is 0 Å². The molecule has 1 N–H and O–H groups in total. The summed E-state index contributed by atoms with van der Waals surface area (Å²) in [6.07, 6.45) is -3.01. The third-order valence-electron chi connectivity index (χ3n) is 2.17. The Morgan fingerprint density at radius 2 is 2.00 bits per heavy atom. The van der Waals surface area contributed by atoms with E-state index in [2.05, 4.69) is 10.4 Å². The molecule has 1 heterocycles. The Labute approximate surface area is 92.6 Å². The first-order valence-corrected chi connectivity index (χ1v) is 5.16. The van der Waals surface area contributed by atoms with E-state index in [1.165, 1.54) is 10.9 Å². The average molecular weight is 235 g/mol. The van der Waals surface area contributed by atoms with Gasteiger partial charge in [-0.05, 0) is 13.0 Å². The van der Waals surface area contributed by atoms with Crippen molar-refractivity contribution in [2.24, 2.45) is 0 Å². The largest absolute Gasteiger partial charge is 0.435 e. The topological polar surface area (TPSA) is 29.9 Å². The molecule has 1 rings (SSSR count). The third kappa shape index (κ3) is 3.52. The van der Waals surface area contributed by atoms with Gasteiger partial charge in [-0.25, -0.2) is 0 Å². The molecule has 0 spiro atoms. The molecule has 1 aromatic heterocycles. The lowest BCUT2D eigenvalue weighted by molar-refractivity contribution is -0.141. The number of rotatable bonds is 4. The van der Waals surface area contributed by atoms with Crippen molar-refractivity contribution in [3.8, 4) is 0 Å². The molecule has 6 heteroatoms. The summed E-state index contributed by atoms with van der Waals surface area (Å²) in [7, 11) is 0. The first-order valence-electron chi connectivity index (χ1n) is 5.16. The van der Waals surface area contributed by atoms with Crippen LogP contribution < -0.4 is 5.32 Å². The first kappa shape index (κ1) is 13.0. The quantitative estimate of drug-likeness (QED) is 0.868. The maximum atomic E-state index is 12.3. The van der Waals surface area contributed by atoms with Crippen LogP contribution in [0.15, 0.2) is 12.3 Å².